The number of halogens is 2. The standard InChI is InChI=1S/C14H17BrFN3S/c1-3-12-14(20-19-18-12)13(17-4-2)7-9-5-6-10(15)8-11(9)16/h5-6,8,13,17H,3-4,7H2,1-2H3. The van der Waals surface area contributed by atoms with Gasteiger partial charge in [0, 0.05) is 10.5 Å². The van der Waals surface area contributed by atoms with Gasteiger partial charge in [-0.3, -0.25) is 0 Å². The van der Waals surface area contributed by atoms with Crippen LogP contribution in [-0.4, -0.2) is 16.1 Å². The van der Waals surface area contributed by atoms with E-state index < -0.39 is 0 Å². The van der Waals surface area contributed by atoms with Gasteiger partial charge in [-0.15, -0.1) is 5.10 Å². The van der Waals surface area contributed by atoms with Gasteiger partial charge in [0.2, 0.25) is 0 Å². The lowest BCUT2D eigenvalue weighted by Gasteiger charge is -2.17. The zero-order valence-corrected chi connectivity index (χ0v) is 13.9. The van der Waals surface area contributed by atoms with Gasteiger partial charge in [0.25, 0.3) is 0 Å². The van der Waals surface area contributed by atoms with E-state index in [1.165, 1.54) is 17.6 Å². The third-order valence-electron chi connectivity index (χ3n) is 3.13. The highest BCUT2D eigenvalue weighted by molar-refractivity contribution is 9.10. The maximum Gasteiger partial charge on any atom is 0.127 e. The third-order valence-corrected chi connectivity index (χ3v) is 4.50. The first-order valence-corrected chi connectivity index (χ1v) is 8.20. The van der Waals surface area contributed by atoms with Crippen molar-refractivity contribution < 1.29 is 4.39 Å². The number of rotatable bonds is 6. The molecule has 0 aliphatic heterocycles. The number of hydrogen-bond donors (Lipinski definition) is 1. The van der Waals surface area contributed by atoms with Crippen molar-refractivity contribution in [1.82, 2.24) is 14.9 Å². The van der Waals surface area contributed by atoms with Gasteiger partial charge in [0.05, 0.1) is 10.6 Å². The van der Waals surface area contributed by atoms with E-state index in [1.807, 2.05) is 19.1 Å². The van der Waals surface area contributed by atoms with Crippen LogP contribution in [0.2, 0.25) is 0 Å². The summed E-state index contributed by atoms with van der Waals surface area (Å²) in [5.41, 5.74) is 1.70. The van der Waals surface area contributed by atoms with Gasteiger partial charge in [-0.25, -0.2) is 4.39 Å². The van der Waals surface area contributed by atoms with E-state index in [0.717, 1.165) is 28.0 Å². The fourth-order valence-electron chi connectivity index (χ4n) is 2.14. The summed E-state index contributed by atoms with van der Waals surface area (Å²) in [4.78, 5) is 1.11. The van der Waals surface area contributed by atoms with E-state index in [1.54, 1.807) is 0 Å². The zero-order chi connectivity index (χ0) is 14.5. The summed E-state index contributed by atoms with van der Waals surface area (Å²) in [5, 5.41) is 7.55. The molecular formula is C14H17BrFN3S. The largest absolute Gasteiger partial charge is 0.309 e. The Morgan fingerprint density at radius 1 is 1.40 bits per heavy atom. The molecule has 20 heavy (non-hydrogen) atoms. The van der Waals surface area contributed by atoms with Crippen LogP contribution in [0.3, 0.4) is 0 Å². The monoisotopic (exact) mass is 357 g/mol. The minimum atomic E-state index is -0.183. The normalized spacial score (nSPS) is 12.6. The van der Waals surface area contributed by atoms with Gasteiger partial charge in [0.1, 0.15) is 5.82 Å². The number of nitrogens with one attached hydrogen (secondary N) is 1. The van der Waals surface area contributed by atoms with E-state index in [-0.39, 0.29) is 11.9 Å². The Morgan fingerprint density at radius 2 is 2.20 bits per heavy atom. The second kappa shape index (κ2) is 7.24. The minimum absolute atomic E-state index is 0.0608. The van der Waals surface area contributed by atoms with Crippen LogP contribution in [0.5, 0.6) is 0 Å². The molecule has 0 aliphatic rings. The smallest absolute Gasteiger partial charge is 0.127 e. The predicted molar refractivity (Wildman–Crippen MR) is 83.5 cm³/mol. The van der Waals surface area contributed by atoms with Crippen LogP contribution in [0.15, 0.2) is 22.7 Å². The molecule has 108 valence electrons. The van der Waals surface area contributed by atoms with Crippen molar-refractivity contribution in [2.24, 2.45) is 0 Å². The summed E-state index contributed by atoms with van der Waals surface area (Å²) in [5.74, 6) is -0.183. The molecule has 1 heterocycles. The van der Waals surface area contributed by atoms with E-state index in [9.17, 15) is 4.39 Å². The van der Waals surface area contributed by atoms with Crippen molar-refractivity contribution in [3.05, 3.63) is 44.6 Å². The van der Waals surface area contributed by atoms with Crippen LogP contribution in [0, 0.1) is 5.82 Å². The van der Waals surface area contributed by atoms with Crippen molar-refractivity contribution in [2.45, 2.75) is 32.7 Å². The molecule has 1 atom stereocenters. The van der Waals surface area contributed by atoms with E-state index in [0.29, 0.717) is 12.0 Å². The average Bonchev–Trinajstić information content (AvgIpc) is 2.89. The first kappa shape index (κ1) is 15.5. The third kappa shape index (κ3) is 3.62. The lowest BCUT2D eigenvalue weighted by atomic mass is 10.0. The highest BCUT2D eigenvalue weighted by Gasteiger charge is 2.19. The van der Waals surface area contributed by atoms with Gasteiger partial charge in [-0.2, -0.15) is 0 Å². The second-order valence-electron chi connectivity index (χ2n) is 4.49. The molecule has 1 N–H and O–H groups in total. The molecule has 1 aromatic heterocycles. The number of aryl methyl sites for hydroxylation is 1. The first-order valence-electron chi connectivity index (χ1n) is 6.64. The van der Waals surface area contributed by atoms with Crippen molar-refractivity contribution in [3.63, 3.8) is 0 Å². The topological polar surface area (TPSA) is 37.8 Å². The summed E-state index contributed by atoms with van der Waals surface area (Å²) in [6, 6.07) is 5.26. The van der Waals surface area contributed by atoms with Crippen LogP contribution in [0.4, 0.5) is 4.39 Å². The number of benzene rings is 1. The van der Waals surface area contributed by atoms with Gasteiger partial charge in [-0.05, 0) is 48.6 Å². The Kier molecular flexibility index (Phi) is 5.63. The Hall–Kier alpha value is -0.850. The van der Waals surface area contributed by atoms with Crippen molar-refractivity contribution >= 4 is 27.5 Å². The fraction of sp³-hybridized carbons (Fsp3) is 0.429. The van der Waals surface area contributed by atoms with Gasteiger partial charge < -0.3 is 5.32 Å². The lowest BCUT2D eigenvalue weighted by Crippen LogP contribution is -2.23. The average molecular weight is 358 g/mol. The molecule has 2 rings (SSSR count). The molecule has 0 fully saturated rings. The van der Waals surface area contributed by atoms with Crippen LogP contribution in [0.25, 0.3) is 0 Å². The van der Waals surface area contributed by atoms with Crippen molar-refractivity contribution in [1.29, 1.82) is 0 Å². The number of aromatic nitrogens is 2. The van der Waals surface area contributed by atoms with Crippen LogP contribution in [0.1, 0.15) is 36.0 Å². The maximum atomic E-state index is 14.0. The molecule has 3 nitrogen and oxygen atoms in total. The van der Waals surface area contributed by atoms with E-state index in [2.05, 4.69) is 37.8 Å². The molecule has 0 saturated heterocycles. The molecule has 1 unspecified atom stereocenters. The summed E-state index contributed by atoms with van der Waals surface area (Å²) in [7, 11) is 0. The molecule has 0 saturated carbocycles. The predicted octanol–water partition coefficient (Wildman–Crippen LogP) is 3.90. The molecule has 2 aromatic rings. The molecule has 0 bridgehead atoms. The Morgan fingerprint density at radius 3 is 2.85 bits per heavy atom. The van der Waals surface area contributed by atoms with Gasteiger partial charge in [-0.1, -0.05) is 40.3 Å². The molecule has 0 amide bonds. The molecule has 0 spiro atoms. The van der Waals surface area contributed by atoms with Crippen LogP contribution in [-0.2, 0) is 12.8 Å². The van der Waals surface area contributed by atoms with Crippen LogP contribution >= 0.6 is 27.5 Å². The van der Waals surface area contributed by atoms with Gasteiger partial charge in [0.15, 0.2) is 0 Å². The van der Waals surface area contributed by atoms with Gasteiger partial charge >= 0.3 is 0 Å². The summed E-state index contributed by atoms with van der Waals surface area (Å²) >= 11 is 4.68. The Balaban J connectivity index is 2.25. The number of nitrogens with zero attached hydrogens (tertiary/aromatic N) is 2. The molecular weight excluding hydrogens is 341 g/mol. The second-order valence-corrected chi connectivity index (χ2v) is 6.19. The lowest BCUT2D eigenvalue weighted by molar-refractivity contribution is 0.530. The van der Waals surface area contributed by atoms with Crippen molar-refractivity contribution in [2.75, 3.05) is 6.54 Å². The van der Waals surface area contributed by atoms with Crippen LogP contribution < -0.4 is 5.32 Å². The summed E-state index contributed by atoms with van der Waals surface area (Å²) in [6.07, 6.45) is 1.44. The fourth-order valence-corrected chi connectivity index (χ4v) is 3.28. The Bertz CT molecular complexity index is 573. The molecule has 6 heteroatoms. The summed E-state index contributed by atoms with van der Waals surface area (Å²) < 4.78 is 18.8. The van der Waals surface area contributed by atoms with E-state index in [4.69, 9.17) is 0 Å². The highest BCUT2D eigenvalue weighted by atomic mass is 79.9. The molecule has 0 aliphatic carbocycles. The SMILES string of the molecule is CCNC(Cc1ccc(Br)cc1F)c1snnc1CC. The van der Waals surface area contributed by atoms with Crippen molar-refractivity contribution in [3.8, 4) is 0 Å². The first-order chi connectivity index (χ1) is 9.65. The number of hydrogen-bond acceptors (Lipinski definition) is 4. The van der Waals surface area contributed by atoms with E-state index >= 15 is 0 Å². The zero-order valence-electron chi connectivity index (χ0n) is 11.5. The summed E-state index contributed by atoms with van der Waals surface area (Å²) in [6.45, 7) is 4.93. The number of likely N-dealkylation sites (N-methyl/N-ethyl adjacent to an activating group) is 1. The Labute approximate surface area is 130 Å². The maximum absolute atomic E-state index is 14.0. The minimum Gasteiger partial charge on any atom is -0.309 e. The molecule has 1 aromatic carbocycles. The quantitative estimate of drug-likeness (QED) is 0.851. The molecule has 0 radical (unpaired) electrons. The highest BCUT2D eigenvalue weighted by Crippen LogP contribution is 2.26.